The Kier molecular flexibility index (Phi) is 7.65. The maximum absolute atomic E-state index is 11.4. The van der Waals surface area contributed by atoms with Crippen molar-refractivity contribution in [3.63, 3.8) is 0 Å². The first-order valence-corrected chi connectivity index (χ1v) is 4.92. The molecule has 84 valence electrons. The number of aliphatic hydroxyl groups is 1. The predicted octanol–water partition coefficient (Wildman–Crippen LogP) is 1.12. The summed E-state index contributed by atoms with van der Waals surface area (Å²) in [5.41, 5.74) is 0. The van der Waals surface area contributed by atoms with Gasteiger partial charge in [0.2, 0.25) is 6.29 Å². The Morgan fingerprint density at radius 1 is 1.36 bits per heavy atom. The van der Waals surface area contributed by atoms with E-state index < -0.39 is 12.4 Å². The molecule has 1 unspecified atom stereocenters. The molecule has 0 saturated heterocycles. The zero-order valence-corrected chi connectivity index (χ0v) is 9.16. The molecule has 0 bridgehead atoms. The molecule has 1 N–H and O–H groups in total. The van der Waals surface area contributed by atoms with Crippen molar-refractivity contribution in [2.24, 2.45) is 0 Å². The van der Waals surface area contributed by atoms with Crippen molar-refractivity contribution in [1.82, 2.24) is 0 Å². The smallest absolute Gasteiger partial charge is 0.217 e. The summed E-state index contributed by atoms with van der Waals surface area (Å²) in [5.74, 6) is -0.210. The van der Waals surface area contributed by atoms with Crippen molar-refractivity contribution in [3.05, 3.63) is 0 Å². The Morgan fingerprint density at radius 3 is 2.36 bits per heavy atom. The molecule has 0 aromatic rings. The highest BCUT2D eigenvalue weighted by Crippen LogP contribution is 2.07. The second kappa shape index (κ2) is 7.91. The highest BCUT2D eigenvalue weighted by molar-refractivity contribution is 5.82. The monoisotopic (exact) mass is 204 g/mol. The van der Waals surface area contributed by atoms with Crippen molar-refractivity contribution in [1.29, 1.82) is 0 Å². The topological polar surface area (TPSA) is 55.8 Å². The van der Waals surface area contributed by atoms with Crippen molar-refractivity contribution < 1.29 is 19.4 Å². The van der Waals surface area contributed by atoms with E-state index in [9.17, 15) is 9.90 Å². The van der Waals surface area contributed by atoms with E-state index >= 15 is 0 Å². The van der Waals surface area contributed by atoms with E-state index in [-0.39, 0.29) is 12.2 Å². The fourth-order valence-corrected chi connectivity index (χ4v) is 1.23. The summed E-state index contributed by atoms with van der Waals surface area (Å²) in [4.78, 5) is 11.4. The van der Waals surface area contributed by atoms with Gasteiger partial charge in [0.15, 0.2) is 5.78 Å². The third-order valence-corrected chi connectivity index (χ3v) is 2.02. The third-order valence-electron chi connectivity index (χ3n) is 2.02. The van der Waals surface area contributed by atoms with Crippen molar-refractivity contribution >= 4 is 5.78 Å². The maximum Gasteiger partial charge on any atom is 0.217 e. The van der Waals surface area contributed by atoms with Crippen LogP contribution in [-0.4, -0.2) is 37.5 Å². The summed E-state index contributed by atoms with van der Waals surface area (Å²) in [6.07, 6.45) is 1.29. The van der Waals surface area contributed by atoms with Crippen LogP contribution >= 0.6 is 0 Å². The summed E-state index contributed by atoms with van der Waals surface area (Å²) in [6, 6.07) is 0. The van der Waals surface area contributed by atoms with E-state index in [1.54, 1.807) is 0 Å². The molecule has 4 heteroatoms. The lowest BCUT2D eigenvalue weighted by atomic mass is 10.1. The highest BCUT2D eigenvalue weighted by Gasteiger charge is 2.19. The first-order valence-electron chi connectivity index (χ1n) is 4.92. The molecule has 0 aromatic heterocycles. The Morgan fingerprint density at radius 2 is 1.93 bits per heavy atom. The van der Waals surface area contributed by atoms with Gasteiger partial charge >= 0.3 is 0 Å². The van der Waals surface area contributed by atoms with Crippen molar-refractivity contribution in [3.8, 4) is 0 Å². The number of carbonyl (C=O) groups excluding carboxylic acids is 1. The van der Waals surface area contributed by atoms with Gasteiger partial charge in [0.1, 0.15) is 0 Å². The SMILES string of the molecule is CCCCC(O)CC(=O)C(OC)OC. The fourth-order valence-electron chi connectivity index (χ4n) is 1.23. The first kappa shape index (κ1) is 13.5. The van der Waals surface area contributed by atoms with Crippen molar-refractivity contribution in [2.45, 2.75) is 45.0 Å². The van der Waals surface area contributed by atoms with Gasteiger partial charge in [0.25, 0.3) is 0 Å². The van der Waals surface area contributed by atoms with Crippen LogP contribution in [0.2, 0.25) is 0 Å². The Bertz CT molecular complexity index is 154. The summed E-state index contributed by atoms with van der Waals surface area (Å²) in [5, 5.41) is 9.46. The lowest BCUT2D eigenvalue weighted by Crippen LogP contribution is -2.28. The molecule has 0 spiro atoms. The average Bonchev–Trinajstić information content (AvgIpc) is 2.16. The zero-order valence-electron chi connectivity index (χ0n) is 9.16. The number of ketones is 1. The van der Waals surface area contributed by atoms with E-state index in [1.807, 2.05) is 6.92 Å². The lowest BCUT2D eigenvalue weighted by Gasteiger charge is -2.14. The molecule has 0 amide bonds. The van der Waals surface area contributed by atoms with Crippen molar-refractivity contribution in [2.75, 3.05) is 14.2 Å². The van der Waals surface area contributed by atoms with Gasteiger partial charge in [0.05, 0.1) is 6.10 Å². The van der Waals surface area contributed by atoms with E-state index in [2.05, 4.69) is 0 Å². The molecule has 0 rings (SSSR count). The minimum atomic E-state index is -0.841. The molecule has 4 nitrogen and oxygen atoms in total. The number of methoxy groups -OCH3 is 2. The molecule has 0 aromatic carbocycles. The molecule has 0 radical (unpaired) electrons. The standard InChI is InChI=1S/C10H20O4/c1-4-5-6-8(11)7-9(12)10(13-2)14-3/h8,10-11H,4-7H2,1-3H3. The summed E-state index contributed by atoms with van der Waals surface area (Å²) in [6.45, 7) is 2.04. The second-order valence-electron chi connectivity index (χ2n) is 3.27. The number of carbonyl (C=O) groups is 1. The summed E-state index contributed by atoms with van der Waals surface area (Å²) < 4.78 is 9.57. The van der Waals surface area contributed by atoms with Crippen LogP contribution in [0.25, 0.3) is 0 Å². The second-order valence-corrected chi connectivity index (χ2v) is 3.27. The summed E-state index contributed by atoms with van der Waals surface area (Å²) >= 11 is 0. The van der Waals surface area contributed by atoms with Crippen LogP contribution in [-0.2, 0) is 14.3 Å². The van der Waals surface area contributed by atoms with Gasteiger partial charge in [-0.25, -0.2) is 0 Å². The van der Waals surface area contributed by atoms with Crippen LogP contribution in [0.4, 0.5) is 0 Å². The molecule has 0 aliphatic heterocycles. The van der Waals surface area contributed by atoms with E-state index in [1.165, 1.54) is 14.2 Å². The minimum Gasteiger partial charge on any atom is -0.393 e. The van der Waals surface area contributed by atoms with Crippen LogP contribution < -0.4 is 0 Å². The van der Waals surface area contributed by atoms with Crippen LogP contribution in [0.5, 0.6) is 0 Å². The molecular weight excluding hydrogens is 184 g/mol. The van der Waals surface area contributed by atoms with E-state index in [0.29, 0.717) is 6.42 Å². The Hall–Kier alpha value is -0.450. The normalized spacial score (nSPS) is 13.2. The van der Waals surface area contributed by atoms with Gasteiger partial charge in [-0.2, -0.15) is 0 Å². The Balaban J connectivity index is 3.79. The molecule has 0 saturated carbocycles. The average molecular weight is 204 g/mol. The molecule has 0 aliphatic carbocycles. The van der Waals surface area contributed by atoms with Gasteiger partial charge in [-0.3, -0.25) is 4.79 Å². The fraction of sp³-hybridized carbons (Fsp3) is 0.900. The number of aliphatic hydroxyl groups excluding tert-OH is 1. The summed E-state index contributed by atoms with van der Waals surface area (Å²) in [7, 11) is 2.81. The number of rotatable bonds is 8. The van der Waals surface area contributed by atoms with Gasteiger partial charge in [-0.05, 0) is 6.42 Å². The van der Waals surface area contributed by atoms with Crippen LogP contribution in [0.1, 0.15) is 32.6 Å². The molecular formula is C10H20O4. The van der Waals surface area contributed by atoms with Gasteiger partial charge in [-0.1, -0.05) is 19.8 Å². The van der Waals surface area contributed by atoms with E-state index in [4.69, 9.17) is 9.47 Å². The number of hydrogen-bond acceptors (Lipinski definition) is 4. The number of hydrogen-bond donors (Lipinski definition) is 1. The molecule has 14 heavy (non-hydrogen) atoms. The van der Waals surface area contributed by atoms with Crippen LogP contribution in [0.3, 0.4) is 0 Å². The number of Topliss-reactive ketones (excluding diaryl/α,β-unsaturated/α-hetero) is 1. The van der Waals surface area contributed by atoms with Gasteiger partial charge in [0, 0.05) is 20.6 Å². The number of ether oxygens (including phenoxy) is 2. The van der Waals surface area contributed by atoms with E-state index in [0.717, 1.165) is 12.8 Å². The maximum atomic E-state index is 11.4. The van der Waals surface area contributed by atoms with Gasteiger partial charge < -0.3 is 14.6 Å². The molecule has 0 heterocycles. The molecule has 1 atom stereocenters. The minimum absolute atomic E-state index is 0.104. The lowest BCUT2D eigenvalue weighted by molar-refractivity contribution is -0.158. The quantitative estimate of drug-likeness (QED) is 0.602. The first-order chi connectivity index (χ1) is 6.65. The third kappa shape index (κ3) is 5.32. The Labute approximate surface area is 85.2 Å². The highest BCUT2D eigenvalue weighted by atomic mass is 16.7. The molecule has 0 aliphatic rings. The zero-order chi connectivity index (χ0) is 11.0. The molecule has 0 fully saturated rings. The largest absolute Gasteiger partial charge is 0.393 e. The number of unbranched alkanes of at least 4 members (excludes halogenated alkanes) is 1. The van der Waals surface area contributed by atoms with Crippen LogP contribution in [0, 0.1) is 0 Å². The predicted molar refractivity (Wildman–Crippen MR) is 53.0 cm³/mol. The van der Waals surface area contributed by atoms with Gasteiger partial charge in [-0.15, -0.1) is 0 Å². The van der Waals surface area contributed by atoms with Crippen LogP contribution in [0.15, 0.2) is 0 Å².